The number of esters is 1. The fourth-order valence-corrected chi connectivity index (χ4v) is 7.97. The molecule has 3 rings (SSSR count). The van der Waals surface area contributed by atoms with Gasteiger partial charge in [-0.2, -0.15) is 0 Å². The van der Waals surface area contributed by atoms with Gasteiger partial charge in [-0.1, -0.05) is 111 Å². The second-order valence-electron chi connectivity index (χ2n) is 13.6. The second-order valence-corrected chi connectivity index (χ2v) is 13.6. The Morgan fingerprint density at radius 3 is 1.86 bits per heavy atom. The average Bonchev–Trinajstić information content (AvgIpc) is 2.91. The molecule has 2 nitrogen and oxygen atoms in total. The molecule has 210 valence electrons. The molecule has 0 unspecified atom stereocenters. The lowest BCUT2D eigenvalue weighted by molar-refractivity contribution is -0.160. The predicted molar refractivity (Wildman–Crippen MR) is 154 cm³/mol. The zero-order valence-corrected chi connectivity index (χ0v) is 24.7. The normalized spacial score (nSPS) is 33.4. The van der Waals surface area contributed by atoms with Crippen molar-refractivity contribution in [3.05, 3.63) is 0 Å². The van der Waals surface area contributed by atoms with Crippen molar-refractivity contribution >= 4 is 5.97 Å². The first kappa shape index (κ1) is 30.0. The summed E-state index contributed by atoms with van der Waals surface area (Å²) in [5.41, 5.74) is -0.167. The molecule has 0 aliphatic heterocycles. The lowest BCUT2D eigenvalue weighted by Crippen LogP contribution is -2.39. The van der Waals surface area contributed by atoms with E-state index in [1.165, 1.54) is 122 Å². The molecule has 0 N–H and O–H groups in total. The maximum absolute atomic E-state index is 13.6. The molecule has 0 aromatic carbocycles. The van der Waals surface area contributed by atoms with Gasteiger partial charge in [0.05, 0.1) is 12.0 Å². The van der Waals surface area contributed by atoms with Crippen LogP contribution < -0.4 is 0 Å². The molecule has 0 radical (unpaired) electrons. The monoisotopic (exact) mass is 502 g/mol. The van der Waals surface area contributed by atoms with Crippen LogP contribution in [0.1, 0.15) is 168 Å². The van der Waals surface area contributed by atoms with E-state index in [0.717, 1.165) is 55.3 Å². The molecule has 3 fully saturated rings. The fourth-order valence-electron chi connectivity index (χ4n) is 7.97. The number of ether oxygens (including phenoxy) is 1. The molecule has 2 heteroatoms. The maximum atomic E-state index is 13.6. The van der Waals surface area contributed by atoms with Crippen molar-refractivity contribution in [1.29, 1.82) is 0 Å². The molecular formula is C34H62O2. The smallest absolute Gasteiger partial charge is 0.312 e. The zero-order valence-electron chi connectivity index (χ0n) is 24.7. The first-order valence-corrected chi connectivity index (χ1v) is 16.7. The van der Waals surface area contributed by atoms with Gasteiger partial charge in [0.1, 0.15) is 0 Å². The topological polar surface area (TPSA) is 26.3 Å². The Bertz CT molecular complexity index is 574. The predicted octanol–water partition coefficient (Wildman–Crippen LogP) is 10.7. The number of carbonyl (C=O) groups is 1. The third-order valence-electron chi connectivity index (χ3n) is 10.8. The molecule has 0 heterocycles. The minimum atomic E-state index is -0.167. The van der Waals surface area contributed by atoms with Gasteiger partial charge in [-0.25, -0.2) is 0 Å². The summed E-state index contributed by atoms with van der Waals surface area (Å²) in [6, 6.07) is 0. The summed E-state index contributed by atoms with van der Waals surface area (Å²) in [6.07, 6.45) is 30.2. The molecule has 0 aromatic rings. The van der Waals surface area contributed by atoms with Crippen molar-refractivity contribution in [2.24, 2.45) is 35.0 Å². The van der Waals surface area contributed by atoms with Gasteiger partial charge in [0.15, 0.2) is 0 Å². The molecule has 3 aliphatic rings. The van der Waals surface area contributed by atoms with Crippen LogP contribution in [0, 0.1) is 35.0 Å². The van der Waals surface area contributed by atoms with Crippen LogP contribution in [0.2, 0.25) is 0 Å². The summed E-state index contributed by atoms with van der Waals surface area (Å²) < 4.78 is 6.03. The van der Waals surface area contributed by atoms with Crippen LogP contribution in [0.15, 0.2) is 0 Å². The number of hydrogen-bond donors (Lipinski definition) is 0. The van der Waals surface area contributed by atoms with Gasteiger partial charge < -0.3 is 4.74 Å². The molecule has 0 aromatic heterocycles. The van der Waals surface area contributed by atoms with Gasteiger partial charge in [0, 0.05) is 0 Å². The summed E-state index contributed by atoms with van der Waals surface area (Å²) in [4.78, 5) is 13.6. The average molecular weight is 503 g/mol. The van der Waals surface area contributed by atoms with E-state index < -0.39 is 0 Å². The Morgan fingerprint density at radius 2 is 1.22 bits per heavy atom. The number of hydrogen-bond acceptors (Lipinski definition) is 2. The van der Waals surface area contributed by atoms with E-state index in [1.54, 1.807) is 0 Å². The van der Waals surface area contributed by atoms with E-state index in [0.29, 0.717) is 6.61 Å². The molecule has 0 spiro atoms. The SMILES string of the molecule is CCCCCCCOC(=O)C1(CCC2CCC(CCCCC)CC2)CCC(C2CCC(C)CC2)CC1. The van der Waals surface area contributed by atoms with Gasteiger partial charge in [0.25, 0.3) is 0 Å². The Hall–Kier alpha value is -0.530. The van der Waals surface area contributed by atoms with Gasteiger partial charge in [-0.15, -0.1) is 0 Å². The van der Waals surface area contributed by atoms with E-state index >= 15 is 0 Å². The van der Waals surface area contributed by atoms with E-state index in [1.807, 2.05) is 0 Å². The molecule has 0 atom stereocenters. The van der Waals surface area contributed by atoms with Crippen molar-refractivity contribution in [2.45, 2.75) is 168 Å². The minimum Gasteiger partial charge on any atom is -0.465 e. The standard InChI is InChI=1S/C34H62O2/c1-4-6-8-9-11-27-36-33(35)34(24-21-30-17-15-29(16-18-30)12-10-7-5-2)25-22-32(23-26-34)31-19-13-28(3)14-20-31/h28-32H,4-27H2,1-3H3. The molecule has 0 amide bonds. The van der Waals surface area contributed by atoms with Gasteiger partial charge >= 0.3 is 5.97 Å². The lowest BCUT2D eigenvalue weighted by Gasteiger charge is -2.43. The lowest BCUT2D eigenvalue weighted by atomic mass is 9.62. The van der Waals surface area contributed by atoms with Crippen LogP contribution in [-0.4, -0.2) is 12.6 Å². The summed E-state index contributed by atoms with van der Waals surface area (Å²) in [5.74, 6) is 4.74. The van der Waals surface area contributed by atoms with E-state index in [-0.39, 0.29) is 11.4 Å². The molecule has 0 saturated heterocycles. The molecule has 3 saturated carbocycles. The Balaban J connectivity index is 1.48. The van der Waals surface area contributed by atoms with E-state index in [4.69, 9.17) is 4.74 Å². The third-order valence-corrected chi connectivity index (χ3v) is 10.8. The van der Waals surface area contributed by atoms with Crippen LogP contribution in [0.3, 0.4) is 0 Å². The molecule has 0 bridgehead atoms. The van der Waals surface area contributed by atoms with Crippen molar-refractivity contribution in [3.63, 3.8) is 0 Å². The molecular weight excluding hydrogens is 440 g/mol. The molecule has 3 aliphatic carbocycles. The first-order chi connectivity index (χ1) is 17.6. The summed E-state index contributed by atoms with van der Waals surface area (Å²) in [6.45, 7) is 7.65. The Kier molecular flexibility index (Phi) is 13.7. The summed E-state index contributed by atoms with van der Waals surface area (Å²) in [7, 11) is 0. The summed E-state index contributed by atoms with van der Waals surface area (Å²) >= 11 is 0. The number of carbonyl (C=O) groups excluding carboxylic acids is 1. The highest BCUT2D eigenvalue weighted by Gasteiger charge is 2.44. The van der Waals surface area contributed by atoms with Crippen LogP contribution in [-0.2, 0) is 9.53 Å². The van der Waals surface area contributed by atoms with Gasteiger partial charge in [-0.3, -0.25) is 4.79 Å². The third kappa shape index (κ3) is 9.65. The highest BCUT2D eigenvalue weighted by Crippen LogP contribution is 2.49. The van der Waals surface area contributed by atoms with Gasteiger partial charge in [0.2, 0.25) is 0 Å². The Morgan fingerprint density at radius 1 is 0.667 bits per heavy atom. The van der Waals surface area contributed by atoms with Crippen molar-refractivity contribution in [1.82, 2.24) is 0 Å². The van der Waals surface area contributed by atoms with Crippen molar-refractivity contribution < 1.29 is 9.53 Å². The fraction of sp³-hybridized carbons (Fsp3) is 0.971. The van der Waals surface area contributed by atoms with Crippen molar-refractivity contribution in [2.75, 3.05) is 6.61 Å². The highest BCUT2D eigenvalue weighted by molar-refractivity contribution is 5.77. The van der Waals surface area contributed by atoms with Crippen molar-refractivity contribution in [3.8, 4) is 0 Å². The van der Waals surface area contributed by atoms with E-state index in [2.05, 4.69) is 20.8 Å². The number of rotatable bonds is 15. The van der Waals surface area contributed by atoms with Crippen LogP contribution in [0.5, 0.6) is 0 Å². The number of unbranched alkanes of at least 4 members (excludes halogenated alkanes) is 6. The largest absolute Gasteiger partial charge is 0.465 e. The Labute approximate surface area is 225 Å². The second kappa shape index (κ2) is 16.4. The zero-order chi connectivity index (χ0) is 25.6. The maximum Gasteiger partial charge on any atom is 0.312 e. The van der Waals surface area contributed by atoms with Crippen LogP contribution >= 0.6 is 0 Å². The first-order valence-electron chi connectivity index (χ1n) is 16.7. The molecule has 36 heavy (non-hydrogen) atoms. The van der Waals surface area contributed by atoms with E-state index in [9.17, 15) is 4.79 Å². The van der Waals surface area contributed by atoms with Crippen LogP contribution in [0.4, 0.5) is 0 Å². The van der Waals surface area contributed by atoms with Crippen LogP contribution in [0.25, 0.3) is 0 Å². The summed E-state index contributed by atoms with van der Waals surface area (Å²) in [5, 5.41) is 0. The quantitative estimate of drug-likeness (QED) is 0.164. The highest BCUT2D eigenvalue weighted by atomic mass is 16.5. The minimum absolute atomic E-state index is 0.167. The van der Waals surface area contributed by atoms with Gasteiger partial charge in [-0.05, 0) is 87.4 Å².